The summed E-state index contributed by atoms with van der Waals surface area (Å²) in [5.41, 5.74) is 0.724. The smallest absolute Gasteiger partial charge is 0.253 e. The van der Waals surface area contributed by atoms with Gasteiger partial charge in [0.05, 0.1) is 21.3 Å². The molecule has 1 saturated carbocycles. The van der Waals surface area contributed by atoms with Crippen LogP contribution in [0, 0.1) is 5.92 Å². The van der Waals surface area contributed by atoms with Gasteiger partial charge in [0.15, 0.2) is 11.5 Å². The van der Waals surface area contributed by atoms with Crippen molar-refractivity contribution in [1.82, 2.24) is 4.90 Å². The molecule has 1 unspecified atom stereocenters. The third-order valence-corrected chi connectivity index (χ3v) is 5.74. The Balaban J connectivity index is 1.83. The fourth-order valence-corrected chi connectivity index (χ4v) is 4.30. The summed E-state index contributed by atoms with van der Waals surface area (Å²) in [4.78, 5) is 26.9. The molecule has 1 aromatic rings. The van der Waals surface area contributed by atoms with Crippen molar-refractivity contribution < 1.29 is 23.8 Å². The fraction of sp³-hybridized carbons (Fsp3) is 0.478. The van der Waals surface area contributed by atoms with Crippen LogP contribution in [-0.2, 0) is 9.59 Å². The summed E-state index contributed by atoms with van der Waals surface area (Å²) >= 11 is 0. The zero-order chi connectivity index (χ0) is 20.8. The second kappa shape index (κ2) is 9.63. The van der Waals surface area contributed by atoms with Gasteiger partial charge in [-0.2, -0.15) is 0 Å². The van der Waals surface area contributed by atoms with Crippen molar-refractivity contribution in [2.45, 2.75) is 44.6 Å². The molecule has 1 atom stereocenters. The molecule has 1 fully saturated rings. The molecular weight excluding hydrogens is 370 g/mol. The van der Waals surface area contributed by atoms with Crippen LogP contribution in [0.15, 0.2) is 30.4 Å². The number of carbonyl (C=O) groups is 2. The molecule has 0 spiro atoms. The Morgan fingerprint density at radius 1 is 1.03 bits per heavy atom. The van der Waals surface area contributed by atoms with Crippen LogP contribution in [0.2, 0.25) is 0 Å². The van der Waals surface area contributed by atoms with Gasteiger partial charge >= 0.3 is 0 Å². The van der Waals surface area contributed by atoms with Crippen molar-refractivity contribution >= 4 is 17.9 Å². The number of nitrogens with zero attached hydrogens (tertiary/aromatic N) is 1. The van der Waals surface area contributed by atoms with Crippen LogP contribution in [0.3, 0.4) is 0 Å². The molecule has 3 rings (SSSR count). The lowest BCUT2D eigenvalue weighted by atomic mass is 9.81. The Bertz CT molecular complexity index is 782. The minimum atomic E-state index is -0.288. The quantitative estimate of drug-likeness (QED) is 0.677. The van der Waals surface area contributed by atoms with Crippen molar-refractivity contribution in [1.29, 1.82) is 0 Å². The van der Waals surface area contributed by atoms with Gasteiger partial charge in [-0.15, -0.1) is 0 Å². The van der Waals surface area contributed by atoms with Crippen LogP contribution < -0.4 is 14.2 Å². The van der Waals surface area contributed by atoms with Crippen molar-refractivity contribution in [3.05, 3.63) is 35.9 Å². The molecule has 6 heteroatoms. The van der Waals surface area contributed by atoms with E-state index in [1.807, 2.05) is 6.08 Å². The molecule has 2 aliphatic rings. The normalized spacial score (nSPS) is 20.2. The van der Waals surface area contributed by atoms with Crippen molar-refractivity contribution in [3.63, 3.8) is 0 Å². The molecule has 0 bridgehead atoms. The highest BCUT2D eigenvalue weighted by Gasteiger charge is 2.35. The predicted octanol–water partition coefficient (Wildman–Crippen LogP) is 3.99. The van der Waals surface area contributed by atoms with E-state index in [0.29, 0.717) is 23.2 Å². The van der Waals surface area contributed by atoms with Gasteiger partial charge in [-0.1, -0.05) is 25.3 Å². The Labute approximate surface area is 172 Å². The summed E-state index contributed by atoms with van der Waals surface area (Å²) in [5, 5.41) is 0. The van der Waals surface area contributed by atoms with Gasteiger partial charge in [-0.3, -0.25) is 14.5 Å². The van der Waals surface area contributed by atoms with Gasteiger partial charge in [-0.25, -0.2) is 0 Å². The first-order valence-corrected chi connectivity index (χ1v) is 10.1. The average Bonchev–Trinajstić information content (AvgIpc) is 2.76. The first-order valence-electron chi connectivity index (χ1n) is 10.1. The predicted molar refractivity (Wildman–Crippen MR) is 111 cm³/mol. The second-order valence-corrected chi connectivity index (χ2v) is 7.44. The average molecular weight is 399 g/mol. The summed E-state index contributed by atoms with van der Waals surface area (Å²) in [7, 11) is 4.63. The molecule has 0 saturated heterocycles. The number of rotatable bonds is 6. The largest absolute Gasteiger partial charge is 0.493 e. The molecule has 1 aromatic carbocycles. The van der Waals surface area contributed by atoms with Gasteiger partial charge in [-0.05, 0) is 55.0 Å². The maximum Gasteiger partial charge on any atom is 0.253 e. The molecular formula is C23H29NO5. The SMILES string of the molecule is COc1cc(/C=C/C(=O)N2C(=O)C=CCC2C2CCCCC2)cc(OC)c1OC. The fourth-order valence-electron chi connectivity index (χ4n) is 4.30. The minimum absolute atomic E-state index is 0.0510. The number of methoxy groups -OCH3 is 3. The second-order valence-electron chi connectivity index (χ2n) is 7.44. The summed E-state index contributed by atoms with van der Waals surface area (Å²) in [5.74, 6) is 1.38. The molecule has 1 aliphatic heterocycles. The molecule has 156 valence electrons. The Morgan fingerprint density at radius 2 is 1.69 bits per heavy atom. The van der Waals surface area contributed by atoms with Crippen LogP contribution in [0.1, 0.15) is 44.1 Å². The highest BCUT2D eigenvalue weighted by Crippen LogP contribution is 2.38. The van der Waals surface area contributed by atoms with Crippen LogP contribution in [0.25, 0.3) is 6.08 Å². The lowest BCUT2D eigenvalue weighted by Crippen LogP contribution is -2.49. The third-order valence-electron chi connectivity index (χ3n) is 5.74. The molecule has 0 radical (unpaired) electrons. The molecule has 2 amide bonds. The van der Waals surface area contributed by atoms with E-state index in [9.17, 15) is 9.59 Å². The first-order chi connectivity index (χ1) is 14.1. The van der Waals surface area contributed by atoms with Gasteiger partial charge < -0.3 is 14.2 Å². The molecule has 29 heavy (non-hydrogen) atoms. The van der Waals surface area contributed by atoms with Gasteiger partial charge in [0, 0.05) is 12.1 Å². The van der Waals surface area contributed by atoms with Crippen LogP contribution in [0.4, 0.5) is 0 Å². The summed E-state index contributed by atoms with van der Waals surface area (Å²) in [6.45, 7) is 0. The van der Waals surface area contributed by atoms with Gasteiger partial charge in [0.2, 0.25) is 5.75 Å². The maximum atomic E-state index is 13.0. The van der Waals surface area contributed by atoms with E-state index >= 15 is 0 Å². The highest BCUT2D eigenvalue weighted by molar-refractivity contribution is 6.07. The number of ether oxygens (including phenoxy) is 3. The lowest BCUT2D eigenvalue weighted by molar-refractivity contribution is -0.143. The molecule has 1 heterocycles. The van der Waals surface area contributed by atoms with E-state index < -0.39 is 0 Å². The number of imide groups is 1. The molecule has 0 N–H and O–H groups in total. The number of benzene rings is 1. The third kappa shape index (κ3) is 4.63. The zero-order valence-corrected chi connectivity index (χ0v) is 17.3. The number of carbonyl (C=O) groups excluding carboxylic acids is 2. The summed E-state index contributed by atoms with van der Waals surface area (Å²) in [6, 6.07) is 3.48. The highest BCUT2D eigenvalue weighted by atomic mass is 16.5. The Kier molecular flexibility index (Phi) is 6.96. The van der Waals surface area contributed by atoms with Crippen LogP contribution in [-0.4, -0.2) is 44.1 Å². The van der Waals surface area contributed by atoms with Crippen molar-refractivity contribution in [2.24, 2.45) is 5.92 Å². The number of hydrogen-bond donors (Lipinski definition) is 0. The van der Waals surface area contributed by atoms with Gasteiger partial charge in [0.1, 0.15) is 0 Å². The summed E-state index contributed by atoms with van der Waals surface area (Å²) < 4.78 is 16.0. The molecule has 6 nitrogen and oxygen atoms in total. The number of hydrogen-bond acceptors (Lipinski definition) is 5. The first kappa shape index (κ1) is 21.0. The van der Waals surface area contributed by atoms with E-state index in [4.69, 9.17) is 14.2 Å². The van der Waals surface area contributed by atoms with Crippen LogP contribution in [0.5, 0.6) is 17.2 Å². The lowest BCUT2D eigenvalue weighted by Gasteiger charge is -2.38. The van der Waals surface area contributed by atoms with E-state index in [1.54, 1.807) is 39.5 Å². The van der Waals surface area contributed by atoms with E-state index in [1.165, 1.54) is 36.3 Å². The van der Waals surface area contributed by atoms with Crippen LogP contribution >= 0.6 is 0 Å². The van der Waals surface area contributed by atoms with E-state index in [0.717, 1.165) is 24.8 Å². The topological polar surface area (TPSA) is 65.1 Å². The Morgan fingerprint density at radius 3 is 2.28 bits per heavy atom. The molecule has 1 aliphatic carbocycles. The van der Waals surface area contributed by atoms with Crippen molar-refractivity contribution in [2.75, 3.05) is 21.3 Å². The standard InChI is InChI=1S/C23H29NO5/c1-27-19-14-16(15-20(28-2)23(19)29-3)12-13-22(26)24-18(10-7-11-21(24)25)17-8-5-4-6-9-17/h7,11-15,17-18H,4-6,8-10H2,1-3H3/b13-12+. The van der Waals surface area contributed by atoms with E-state index in [-0.39, 0.29) is 17.9 Å². The van der Waals surface area contributed by atoms with Crippen molar-refractivity contribution in [3.8, 4) is 17.2 Å². The zero-order valence-electron chi connectivity index (χ0n) is 17.3. The minimum Gasteiger partial charge on any atom is -0.493 e. The maximum absolute atomic E-state index is 13.0. The van der Waals surface area contributed by atoms with E-state index in [2.05, 4.69) is 0 Å². The Hall–Kier alpha value is -2.76. The molecule has 0 aromatic heterocycles. The number of amides is 2. The summed E-state index contributed by atoms with van der Waals surface area (Å²) in [6.07, 6.45) is 13.0. The van der Waals surface area contributed by atoms with Gasteiger partial charge in [0.25, 0.3) is 11.8 Å². The monoisotopic (exact) mass is 399 g/mol.